The summed E-state index contributed by atoms with van der Waals surface area (Å²) in [6.07, 6.45) is 2.70. The minimum atomic E-state index is -0.105. The molecule has 0 saturated carbocycles. The third-order valence-corrected chi connectivity index (χ3v) is 1.66. The Kier molecular flexibility index (Phi) is 1.47. The number of cyclic esters (lactones) is 1. The molecule has 1 fully saturated rings. The molecule has 2 nitrogen and oxygen atoms in total. The number of hydrogen-bond donors (Lipinski definition) is 0. The van der Waals surface area contributed by atoms with Crippen LogP contribution in [0.2, 0.25) is 0 Å². The van der Waals surface area contributed by atoms with Crippen LogP contribution in [0.5, 0.6) is 0 Å². The van der Waals surface area contributed by atoms with Crippen LogP contribution in [0.1, 0.15) is 33.1 Å². The second-order valence-electron chi connectivity index (χ2n) is 2.85. The van der Waals surface area contributed by atoms with Crippen molar-refractivity contribution in [2.45, 2.75) is 38.7 Å². The topological polar surface area (TPSA) is 26.3 Å². The van der Waals surface area contributed by atoms with E-state index in [0.717, 1.165) is 12.8 Å². The summed E-state index contributed by atoms with van der Waals surface area (Å²) >= 11 is 0. The van der Waals surface area contributed by atoms with Crippen LogP contribution in [0.15, 0.2) is 0 Å². The van der Waals surface area contributed by atoms with Crippen LogP contribution in [0.25, 0.3) is 0 Å². The third-order valence-electron chi connectivity index (χ3n) is 1.66. The Labute approximate surface area is 55.2 Å². The van der Waals surface area contributed by atoms with Gasteiger partial charge in [-0.2, -0.15) is 0 Å². The normalized spacial score (nSPS) is 33.3. The number of carbonyl (C=O) groups is 1. The highest BCUT2D eigenvalue weighted by molar-refractivity contribution is 5.76. The fourth-order valence-corrected chi connectivity index (χ4v) is 1.24. The smallest absolute Gasteiger partial charge is 0.310 e. The minimum Gasteiger partial charge on any atom is -0.459 e. The lowest BCUT2D eigenvalue weighted by Crippen LogP contribution is -2.44. The lowest BCUT2D eigenvalue weighted by Gasteiger charge is -2.36. The van der Waals surface area contributed by atoms with Crippen molar-refractivity contribution < 1.29 is 9.53 Å². The maximum Gasteiger partial charge on any atom is 0.310 e. The molecule has 0 aromatic rings. The van der Waals surface area contributed by atoms with E-state index in [1.54, 1.807) is 0 Å². The van der Waals surface area contributed by atoms with Gasteiger partial charge in [-0.25, -0.2) is 0 Å². The fourth-order valence-electron chi connectivity index (χ4n) is 1.24. The summed E-state index contributed by atoms with van der Waals surface area (Å²) in [5.41, 5.74) is -0.105. The molecule has 1 atom stereocenters. The molecule has 0 aromatic carbocycles. The van der Waals surface area contributed by atoms with Crippen LogP contribution < -0.4 is 0 Å². The summed E-state index contributed by atoms with van der Waals surface area (Å²) in [6, 6.07) is 0. The average molecular weight is 128 g/mol. The molecule has 0 spiro atoms. The molecule has 1 aliphatic rings. The molecule has 1 aliphatic heterocycles. The Balaban J connectivity index is 2.31. The van der Waals surface area contributed by atoms with Gasteiger partial charge in [-0.05, 0) is 13.3 Å². The van der Waals surface area contributed by atoms with Gasteiger partial charge in [0.2, 0.25) is 0 Å². The molecule has 0 aliphatic carbocycles. The van der Waals surface area contributed by atoms with Crippen LogP contribution in [0, 0.1) is 0 Å². The fraction of sp³-hybridized carbons (Fsp3) is 0.857. The predicted molar refractivity (Wildman–Crippen MR) is 34.0 cm³/mol. The lowest BCUT2D eigenvalue weighted by molar-refractivity contribution is -0.188. The Morgan fingerprint density at radius 2 is 2.33 bits per heavy atom. The number of carbonyl (C=O) groups excluding carboxylic acids is 1. The Bertz CT molecular complexity index is 121. The summed E-state index contributed by atoms with van der Waals surface area (Å²) in [6.45, 7) is 4.08. The first kappa shape index (κ1) is 6.59. The van der Waals surface area contributed by atoms with E-state index in [1.165, 1.54) is 0 Å². The van der Waals surface area contributed by atoms with Crippen molar-refractivity contribution >= 4 is 5.97 Å². The van der Waals surface area contributed by atoms with Gasteiger partial charge in [-0.3, -0.25) is 4.79 Å². The monoisotopic (exact) mass is 128 g/mol. The lowest BCUT2D eigenvalue weighted by atomic mass is 9.92. The van der Waals surface area contributed by atoms with Gasteiger partial charge in [0, 0.05) is 0 Å². The van der Waals surface area contributed by atoms with Gasteiger partial charge in [0.05, 0.1) is 6.42 Å². The molecule has 1 rings (SSSR count). The molecule has 0 unspecified atom stereocenters. The average Bonchev–Trinajstić information content (AvgIpc) is 1.62. The quantitative estimate of drug-likeness (QED) is 0.527. The first-order chi connectivity index (χ1) is 4.16. The first-order valence-electron chi connectivity index (χ1n) is 3.38. The van der Waals surface area contributed by atoms with Crippen molar-refractivity contribution in [3.8, 4) is 0 Å². The van der Waals surface area contributed by atoms with Gasteiger partial charge in [0.25, 0.3) is 0 Å². The molecule has 2 heteroatoms. The Morgan fingerprint density at radius 1 is 1.78 bits per heavy atom. The van der Waals surface area contributed by atoms with Crippen molar-refractivity contribution in [2.75, 3.05) is 0 Å². The molecule has 0 amide bonds. The number of esters is 1. The molecule has 0 radical (unpaired) electrons. The highest BCUT2D eigenvalue weighted by atomic mass is 16.6. The second-order valence-corrected chi connectivity index (χ2v) is 2.85. The zero-order chi connectivity index (χ0) is 6.91. The maximum absolute atomic E-state index is 10.4. The van der Waals surface area contributed by atoms with Crippen LogP contribution >= 0.6 is 0 Å². The molecule has 0 bridgehead atoms. The van der Waals surface area contributed by atoms with Crippen molar-refractivity contribution in [1.29, 1.82) is 0 Å². The molecular formula is C7H12O2. The zero-order valence-corrected chi connectivity index (χ0v) is 5.94. The summed E-state index contributed by atoms with van der Waals surface area (Å²) < 4.78 is 4.93. The first-order valence-corrected chi connectivity index (χ1v) is 3.38. The van der Waals surface area contributed by atoms with E-state index >= 15 is 0 Å². The molecule has 9 heavy (non-hydrogen) atoms. The van der Waals surface area contributed by atoms with Crippen molar-refractivity contribution in [3.63, 3.8) is 0 Å². The van der Waals surface area contributed by atoms with Gasteiger partial charge in [0.1, 0.15) is 5.60 Å². The minimum absolute atomic E-state index is 0.0500. The van der Waals surface area contributed by atoms with Gasteiger partial charge < -0.3 is 4.74 Å². The molecule has 52 valence electrons. The van der Waals surface area contributed by atoms with E-state index < -0.39 is 0 Å². The number of rotatable bonds is 2. The molecular weight excluding hydrogens is 116 g/mol. The van der Waals surface area contributed by atoms with Gasteiger partial charge in [0.15, 0.2) is 0 Å². The summed E-state index contributed by atoms with van der Waals surface area (Å²) in [4.78, 5) is 10.4. The highest BCUT2D eigenvalue weighted by Crippen LogP contribution is 2.31. The van der Waals surface area contributed by atoms with E-state index in [0.29, 0.717) is 6.42 Å². The van der Waals surface area contributed by atoms with Gasteiger partial charge in [-0.15, -0.1) is 0 Å². The summed E-state index contributed by atoms with van der Waals surface area (Å²) in [5, 5.41) is 0. The van der Waals surface area contributed by atoms with E-state index in [-0.39, 0.29) is 11.6 Å². The van der Waals surface area contributed by atoms with Crippen molar-refractivity contribution in [3.05, 3.63) is 0 Å². The summed E-state index contributed by atoms with van der Waals surface area (Å²) in [5.74, 6) is -0.0500. The van der Waals surface area contributed by atoms with Crippen LogP contribution in [0.3, 0.4) is 0 Å². The SMILES string of the molecule is CCC[C@]1(C)CC(=O)O1. The number of ether oxygens (including phenoxy) is 1. The van der Waals surface area contributed by atoms with Gasteiger partial charge in [-0.1, -0.05) is 13.3 Å². The Hall–Kier alpha value is -0.530. The second kappa shape index (κ2) is 2.01. The van der Waals surface area contributed by atoms with Crippen LogP contribution in [-0.4, -0.2) is 11.6 Å². The van der Waals surface area contributed by atoms with Crippen molar-refractivity contribution in [2.24, 2.45) is 0 Å². The third kappa shape index (κ3) is 1.23. The largest absolute Gasteiger partial charge is 0.459 e. The highest BCUT2D eigenvalue weighted by Gasteiger charge is 2.40. The van der Waals surface area contributed by atoms with Crippen LogP contribution in [-0.2, 0) is 9.53 Å². The zero-order valence-electron chi connectivity index (χ0n) is 5.94. The standard InChI is InChI=1S/C7H12O2/c1-3-4-7(2)5-6(8)9-7/h3-5H2,1-2H3/t7-/m1/s1. The van der Waals surface area contributed by atoms with Crippen molar-refractivity contribution in [1.82, 2.24) is 0 Å². The van der Waals surface area contributed by atoms with E-state index in [1.807, 2.05) is 6.92 Å². The molecule has 0 N–H and O–H groups in total. The van der Waals surface area contributed by atoms with Crippen LogP contribution in [0.4, 0.5) is 0 Å². The van der Waals surface area contributed by atoms with E-state index in [4.69, 9.17) is 4.74 Å². The van der Waals surface area contributed by atoms with E-state index in [2.05, 4.69) is 6.92 Å². The molecule has 1 heterocycles. The maximum atomic E-state index is 10.4. The molecule has 0 aromatic heterocycles. The molecule has 1 saturated heterocycles. The predicted octanol–water partition coefficient (Wildman–Crippen LogP) is 1.49. The van der Waals surface area contributed by atoms with Gasteiger partial charge >= 0.3 is 5.97 Å². The Morgan fingerprint density at radius 3 is 2.67 bits per heavy atom. The summed E-state index contributed by atoms with van der Waals surface area (Å²) in [7, 11) is 0. The van der Waals surface area contributed by atoms with E-state index in [9.17, 15) is 4.79 Å². The number of hydrogen-bond acceptors (Lipinski definition) is 2.